The highest BCUT2D eigenvalue weighted by molar-refractivity contribution is 5.83. The fraction of sp³-hybridized carbons (Fsp3) is 0.611. The predicted molar refractivity (Wildman–Crippen MR) is 86.7 cm³/mol. The van der Waals surface area contributed by atoms with E-state index in [0.29, 0.717) is 0 Å². The molecule has 1 aromatic carbocycles. The third-order valence-electron chi connectivity index (χ3n) is 5.10. The van der Waals surface area contributed by atoms with Crippen LogP contribution in [0.25, 0.3) is 0 Å². The van der Waals surface area contributed by atoms with Crippen LogP contribution in [0.15, 0.2) is 24.3 Å². The Bertz CT molecular complexity index is 525. The number of carbonyl (C=O) groups is 1. The van der Waals surface area contributed by atoms with Crippen LogP contribution >= 0.6 is 0 Å². The van der Waals surface area contributed by atoms with Crippen molar-refractivity contribution in [1.82, 2.24) is 9.80 Å². The van der Waals surface area contributed by atoms with Gasteiger partial charge in [0.1, 0.15) is 6.04 Å². The van der Waals surface area contributed by atoms with Crippen molar-refractivity contribution < 1.29 is 9.53 Å². The third-order valence-corrected chi connectivity index (χ3v) is 5.10. The van der Waals surface area contributed by atoms with Gasteiger partial charge in [0.05, 0.1) is 12.2 Å². The molecule has 2 aliphatic rings. The Morgan fingerprint density at radius 2 is 1.77 bits per heavy atom. The number of ether oxygens (including phenoxy) is 1. The molecule has 0 aromatic heterocycles. The van der Waals surface area contributed by atoms with Crippen molar-refractivity contribution in [3.63, 3.8) is 0 Å². The molecule has 0 aliphatic carbocycles. The number of likely N-dealkylation sites (N-methyl/N-ethyl adjacent to an activating group) is 1. The quantitative estimate of drug-likeness (QED) is 0.859. The molecule has 0 N–H and O–H groups in total. The number of amides is 1. The van der Waals surface area contributed by atoms with Gasteiger partial charge < -0.3 is 9.64 Å². The highest BCUT2D eigenvalue weighted by Crippen LogP contribution is 2.37. The van der Waals surface area contributed by atoms with Gasteiger partial charge >= 0.3 is 0 Å². The Kier molecular flexibility index (Phi) is 4.24. The van der Waals surface area contributed by atoms with Crippen LogP contribution in [-0.4, -0.2) is 55.1 Å². The average molecular weight is 302 g/mol. The Balaban J connectivity index is 1.71. The van der Waals surface area contributed by atoms with Gasteiger partial charge in [-0.05, 0) is 45.8 Å². The molecule has 1 aromatic rings. The van der Waals surface area contributed by atoms with Gasteiger partial charge in [0.2, 0.25) is 5.91 Å². The van der Waals surface area contributed by atoms with Crippen LogP contribution in [0.5, 0.6) is 0 Å². The molecular formula is C18H26N2O2. The van der Waals surface area contributed by atoms with E-state index >= 15 is 0 Å². The van der Waals surface area contributed by atoms with Crippen molar-refractivity contribution >= 4 is 5.91 Å². The number of likely N-dealkylation sites (tertiary alicyclic amines) is 1. The highest BCUT2D eigenvalue weighted by Gasteiger charge is 2.43. The summed E-state index contributed by atoms with van der Waals surface area (Å²) in [4.78, 5) is 17.0. The normalized spacial score (nSPS) is 21.7. The Hall–Kier alpha value is -1.39. The molecule has 2 heterocycles. The van der Waals surface area contributed by atoms with Crippen molar-refractivity contribution in [3.05, 3.63) is 35.4 Å². The van der Waals surface area contributed by atoms with Crippen molar-refractivity contribution in [3.8, 4) is 0 Å². The summed E-state index contributed by atoms with van der Waals surface area (Å²) in [6, 6.07) is 8.09. The monoisotopic (exact) mass is 302 g/mol. The maximum absolute atomic E-state index is 13.0. The van der Waals surface area contributed by atoms with E-state index < -0.39 is 0 Å². The number of aryl methyl sites for hydroxylation is 1. The van der Waals surface area contributed by atoms with Crippen molar-refractivity contribution in [2.75, 3.05) is 33.8 Å². The van der Waals surface area contributed by atoms with Gasteiger partial charge in [-0.25, -0.2) is 0 Å². The molecular weight excluding hydrogens is 276 g/mol. The van der Waals surface area contributed by atoms with Crippen LogP contribution in [0.4, 0.5) is 0 Å². The molecule has 120 valence electrons. The molecule has 0 bridgehead atoms. The minimum absolute atomic E-state index is 0.0915. The zero-order chi connectivity index (χ0) is 15.7. The molecule has 2 aliphatic heterocycles. The van der Waals surface area contributed by atoms with E-state index in [4.69, 9.17) is 4.74 Å². The fourth-order valence-corrected chi connectivity index (χ4v) is 3.50. The second-order valence-electron chi connectivity index (χ2n) is 6.88. The lowest BCUT2D eigenvalue weighted by Crippen LogP contribution is -2.54. The molecule has 2 fully saturated rings. The van der Waals surface area contributed by atoms with Crippen LogP contribution in [0.2, 0.25) is 0 Å². The summed E-state index contributed by atoms with van der Waals surface area (Å²) in [5.74, 6) is 0.211. The zero-order valence-electron chi connectivity index (χ0n) is 13.8. The fourth-order valence-electron chi connectivity index (χ4n) is 3.50. The summed E-state index contributed by atoms with van der Waals surface area (Å²) in [6.07, 6.45) is 3.11. The minimum Gasteiger partial charge on any atom is -0.375 e. The lowest BCUT2D eigenvalue weighted by molar-refractivity contribution is -0.177. The van der Waals surface area contributed by atoms with Gasteiger partial charge in [0, 0.05) is 13.1 Å². The summed E-state index contributed by atoms with van der Waals surface area (Å²) in [5, 5.41) is 0. The van der Waals surface area contributed by atoms with Gasteiger partial charge in [0.15, 0.2) is 0 Å². The number of rotatable bonds is 3. The first-order valence-electron chi connectivity index (χ1n) is 8.16. The molecule has 4 nitrogen and oxygen atoms in total. The van der Waals surface area contributed by atoms with E-state index in [2.05, 4.69) is 31.2 Å². The molecule has 3 rings (SSSR count). The third kappa shape index (κ3) is 2.90. The average Bonchev–Trinajstić information content (AvgIpc) is 2.47. The first-order valence-corrected chi connectivity index (χ1v) is 8.16. The van der Waals surface area contributed by atoms with E-state index in [9.17, 15) is 4.79 Å². The molecule has 1 spiro atoms. The Morgan fingerprint density at radius 3 is 2.23 bits per heavy atom. The molecule has 0 saturated carbocycles. The number of hydrogen-bond acceptors (Lipinski definition) is 3. The van der Waals surface area contributed by atoms with Crippen molar-refractivity contribution in [2.24, 2.45) is 0 Å². The van der Waals surface area contributed by atoms with Gasteiger partial charge in [-0.1, -0.05) is 29.8 Å². The Morgan fingerprint density at radius 1 is 1.18 bits per heavy atom. The second-order valence-corrected chi connectivity index (χ2v) is 6.88. The SMILES string of the molecule is Cc1ccc(C(C(=O)N2CCC3(CCO3)CC2)N(C)C)cc1. The predicted octanol–water partition coefficient (Wildman–Crippen LogP) is 2.38. The minimum atomic E-state index is -0.197. The van der Waals surface area contributed by atoms with Crippen molar-refractivity contribution in [1.29, 1.82) is 0 Å². The summed E-state index contributed by atoms with van der Waals surface area (Å²) >= 11 is 0. The topological polar surface area (TPSA) is 32.8 Å². The number of nitrogens with zero attached hydrogens (tertiary/aromatic N) is 2. The summed E-state index contributed by atoms with van der Waals surface area (Å²) in [7, 11) is 3.95. The summed E-state index contributed by atoms with van der Waals surface area (Å²) in [5.41, 5.74) is 2.38. The second kappa shape index (κ2) is 6.01. The number of piperidine rings is 1. The van der Waals surface area contributed by atoms with Crippen LogP contribution in [0.1, 0.15) is 36.4 Å². The highest BCUT2D eigenvalue weighted by atomic mass is 16.5. The molecule has 1 unspecified atom stereocenters. The maximum atomic E-state index is 13.0. The van der Waals surface area contributed by atoms with E-state index in [0.717, 1.165) is 44.5 Å². The van der Waals surface area contributed by atoms with Crippen LogP contribution in [0, 0.1) is 6.92 Å². The number of carbonyl (C=O) groups excluding carboxylic acids is 1. The molecule has 22 heavy (non-hydrogen) atoms. The smallest absolute Gasteiger partial charge is 0.244 e. The molecule has 0 radical (unpaired) electrons. The first-order chi connectivity index (χ1) is 10.5. The van der Waals surface area contributed by atoms with E-state index in [1.165, 1.54) is 5.56 Å². The molecule has 1 atom stereocenters. The maximum Gasteiger partial charge on any atom is 0.244 e. The van der Waals surface area contributed by atoms with E-state index in [-0.39, 0.29) is 17.6 Å². The lowest BCUT2D eigenvalue weighted by atomic mass is 9.84. The number of hydrogen-bond donors (Lipinski definition) is 0. The van der Waals surface area contributed by atoms with E-state index in [1.54, 1.807) is 0 Å². The molecule has 2 saturated heterocycles. The molecule has 4 heteroatoms. The van der Waals surface area contributed by atoms with Gasteiger partial charge in [0.25, 0.3) is 0 Å². The summed E-state index contributed by atoms with van der Waals surface area (Å²) < 4.78 is 5.74. The Labute approximate surface area is 133 Å². The van der Waals surface area contributed by atoms with E-state index in [1.807, 2.05) is 23.9 Å². The molecule has 1 amide bonds. The zero-order valence-corrected chi connectivity index (χ0v) is 13.8. The van der Waals surface area contributed by atoms with Crippen LogP contribution < -0.4 is 0 Å². The number of benzene rings is 1. The largest absolute Gasteiger partial charge is 0.375 e. The lowest BCUT2D eigenvalue weighted by Gasteiger charge is -2.48. The first kappa shape index (κ1) is 15.5. The van der Waals surface area contributed by atoms with Crippen molar-refractivity contribution in [2.45, 2.75) is 37.8 Å². The van der Waals surface area contributed by atoms with Crippen LogP contribution in [0.3, 0.4) is 0 Å². The van der Waals surface area contributed by atoms with Gasteiger partial charge in [-0.2, -0.15) is 0 Å². The summed E-state index contributed by atoms with van der Waals surface area (Å²) in [6.45, 7) is 4.58. The van der Waals surface area contributed by atoms with Gasteiger partial charge in [-0.15, -0.1) is 0 Å². The van der Waals surface area contributed by atoms with Gasteiger partial charge in [-0.3, -0.25) is 9.69 Å². The van der Waals surface area contributed by atoms with Crippen LogP contribution in [-0.2, 0) is 9.53 Å². The standard InChI is InChI=1S/C18H26N2O2/c1-14-4-6-15(7-5-14)16(19(2)3)17(21)20-11-8-18(9-12-20)10-13-22-18/h4-7,16H,8-13H2,1-3H3.